The average Bonchev–Trinajstić information content (AvgIpc) is 3.32. The number of aromatic nitrogens is 2. The summed E-state index contributed by atoms with van der Waals surface area (Å²) in [5.74, 6) is -1.66. The Labute approximate surface area is 157 Å². The second kappa shape index (κ2) is 6.54. The molecule has 26 heavy (non-hydrogen) atoms. The van der Waals surface area contributed by atoms with Crippen LogP contribution in [0.5, 0.6) is 0 Å². The van der Waals surface area contributed by atoms with Gasteiger partial charge in [-0.1, -0.05) is 22.9 Å². The van der Waals surface area contributed by atoms with E-state index >= 15 is 0 Å². The Kier molecular flexibility index (Phi) is 4.21. The van der Waals surface area contributed by atoms with Crippen LogP contribution < -0.4 is 10.6 Å². The molecule has 1 saturated carbocycles. The Balaban J connectivity index is 1.48. The van der Waals surface area contributed by atoms with Crippen LogP contribution in [0.15, 0.2) is 36.4 Å². The van der Waals surface area contributed by atoms with Gasteiger partial charge < -0.3 is 15.7 Å². The van der Waals surface area contributed by atoms with Crippen LogP contribution in [0, 0.1) is 11.8 Å². The van der Waals surface area contributed by atoms with Crippen molar-refractivity contribution in [2.24, 2.45) is 11.8 Å². The quantitative estimate of drug-likeness (QED) is 0.615. The first-order valence-electron chi connectivity index (χ1n) is 7.83. The van der Waals surface area contributed by atoms with E-state index in [0.717, 1.165) is 5.69 Å². The number of halogens is 1. The first-order chi connectivity index (χ1) is 12.5. The maximum atomic E-state index is 12.1. The summed E-state index contributed by atoms with van der Waals surface area (Å²) in [7, 11) is 0. The zero-order valence-corrected chi connectivity index (χ0v) is 14.8. The summed E-state index contributed by atoms with van der Waals surface area (Å²) in [5, 5.41) is 15.8. The van der Waals surface area contributed by atoms with Gasteiger partial charge in [-0.05, 0) is 42.8 Å². The highest BCUT2D eigenvalue weighted by Crippen LogP contribution is 2.40. The van der Waals surface area contributed by atoms with Gasteiger partial charge in [0.2, 0.25) is 5.91 Å². The van der Waals surface area contributed by atoms with Gasteiger partial charge in [-0.25, -0.2) is 9.97 Å². The lowest BCUT2D eigenvalue weighted by Crippen LogP contribution is -2.16. The van der Waals surface area contributed by atoms with Crippen molar-refractivity contribution >= 4 is 61.8 Å². The summed E-state index contributed by atoms with van der Waals surface area (Å²) < 4.78 is 0. The van der Waals surface area contributed by atoms with Crippen molar-refractivity contribution in [3.63, 3.8) is 0 Å². The molecule has 1 aromatic carbocycles. The van der Waals surface area contributed by atoms with E-state index in [0.29, 0.717) is 32.7 Å². The molecule has 2 aromatic heterocycles. The molecule has 2 unspecified atom stereocenters. The molecule has 3 aromatic rings. The van der Waals surface area contributed by atoms with Gasteiger partial charge in [0.15, 0.2) is 5.13 Å². The van der Waals surface area contributed by atoms with Crippen LogP contribution >= 0.6 is 22.9 Å². The number of carboxylic acids is 1. The van der Waals surface area contributed by atoms with E-state index in [1.165, 1.54) is 11.3 Å². The van der Waals surface area contributed by atoms with Gasteiger partial charge in [-0.2, -0.15) is 0 Å². The van der Waals surface area contributed by atoms with Gasteiger partial charge in [-0.15, -0.1) is 0 Å². The molecule has 3 N–H and O–H groups in total. The van der Waals surface area contributed by atoms with Crippen LogP contribution in [0.2, 0.25) is 5.02 Å². The molecule has 9 heteroatoms. The fourth-order valence-corrected chi connectivity index (χ4v) is 3.54. The Bertz CT molecular complexity index is 1000. The number of anilines is 3. The maximum absolute atomic E-state index is 12.1. The minimum absolute atomic E-state index is 0.309. The van der Waals surface area contributed by atoms with Gasteiger partial charge in [0.25, 0.3) is 0 Å². The van der Waals surface area contributed by atoms with Crippen molar-refractivity contribution in [1.82, 2.24) is 9.97 Å². The molecule has 0 spiro atoms. The molecule has 1 amide bonds. The predicted octanol–water partition coefficient (Wildman–Crippen LogP) is 3.75. The number of carbonyl (C=O) groups is 2. The predicted molar refractivity (Wildman–Crippen MR) is 100 cm³/mol. The standard InChI is InChI=1S/C17H13ClN4O3S/c18-8-1-3-9(4-2-8)19-13-6-5-12-15(21-13)26-17(20-12)22-14(23)10-7-11(10)16(24)25/h1-6,10-11H,7H2,(H,19,21)(H,24,25)(H,20,22,23). The number of hydrogen-bond acceptors (Lipinski definition) is 6. The molecular formula is C17H13ClN4O3S. The van der Waals surface area contributed by atoms with Crippen LogP contribution in [0.25, 0.3) is 10.3 Å². The third-order valence-corrected chi connectivity index (χ3v) is 5.18. The van der Waals surface area contributed by atoms with Crippen molar-refractivity contribution in [1.29, 1.82) is 0 Å². The third-order valence-electron chi connectivity index (χ3n) is 4.05. The molecule has 0 aliphatic heterocycles. The van der Waals surface area contributed by atoms with Crippen molar-refractivity contribution in [3.8, 4) is 0 Å². The first-order valence-corrected chi connectivity index (χ1v) is 9.03. The van der Waals surface area contributed by atoms with E-state index in [-0.39, 0.29) is 5.91 Å². The zero-order chi connectivity index (χ0) is 18.3. The SMILES string of the molecule is O=C(O)C1CC1C(=O)Nc1nc2ccc(Nc3ccc(Cl)cc3)nc2s1. The van der Waals surface area contributed by atoms with Gasteiger partial charge in [0.1, 0.15) is 16.2 Å². The highest BCUT2D eigenvalue weighted by atomic mass is 35.5. The van der Waals surface area contributed by atoms with Crippen LogP contribution in [0.4, 0.5) is 16.6 Å². The van der Waals surface area contributed by atoms with Crippen molar-refractivity contribution in [2.45, 2.75) is 6.42 Å². The summed E-state index contributed by atoms with van der Waals surface area (Å²) in [5.41, 5.74) is 1.52. The third kappa shape index (κ3) is 3.47. The number of carboxylic acid groups (broad SMARTS) is 1. The highest BCUT2D eigenvalue weighted by Gasteiger charge is 2.48. The number of pyridine rings is 1. The smallest absolute Gasteiger partial charge is 0.307 e. The second-order valence-electron chi connectivity index (χ2n) is 5.95. The van der Waals surface area contributed by atoms with Gasteiger partial charge in [0.05, 0.1) is 11.8 Å². The molecule has 1 aliphatic rings. The number of hydrogen-bond donors (Lipinski definition) is 3. The van der Waals surface area contributed by atoms with E-state index in [9.17, 15) is 9.59 Å². The molecular weight excluding hydrogens is 376 g/mol. The number of benzene rings is 1. The highest BCUT2D eigenvalue weighted by molar-refractivity contribution is 7.22. The summed E-state index contributed by atoms with van der Waals surface area (Å²) in [6.07, 6.45) is 0.374. The van der Waals surface area contributed by atoms with Gasteiger partial charge in [-0.3, -0.25) is 9.59 Å². The monoisotopic (exact) mass is 388 g/mol. The van der Waals surface area contributed by atoms with E-state index in [4.69, 9.17) is 16.7 Å². The van der Waals surface area contributed by atoms with Crippen LogP contribution in [0.3, 0.4) is 0 Å². The van der Waals surface area contributed by atoms with E-state index in [1.54, 1.807) is 18.2 Å². The van der Waals surface area contributed by atoms with Crippen LogP contribution in [0.1, 0.15) is 6.42 Å². The zero-order valence-electron chi connectivity index (χ0n) is 13.3. The fraction of sp³-hybridized carbons (Fsp3) is 0.176. The average molecular weight is 389 g/mol. The lowest BCUT2D eigenvalue weighted by atomic mass is 10.3. The minimum atomic E-state index is -0.936. The molecule has 2 atom stereocenters. The number of carbonyl (C=O) groups excluding carboxylic acids is 1. The maximum Gasteiger partial charge on any atom is 0.307 e. The summed E-state index contributed by atoms with van der Waals surface area (Å²) in [4.78, 5) is 32.4. The minimum Gasteiger partial charge on any atom is -0.481 e. The molecule has 4 rings (SSSR count). The summed E-state index contributed by atoms with van der Waals surface area (Å²) in [6.45, 7) is 0. The van der Waals surface area contributed by atoms with Gasteiger partial charge in [0, 0.05) is 10.7 Å². The van der Waals surface area contributed by atoms with E-state index in [1.807, 2.05) is 18.2 Å². The topological polar surface area (TPSA) is 104 Å². The number of fused-ring (bicyclic) bond motifs is 1. The Morgan fingerprint density at radius 2 is 1.88 bits per heavy atom. The van der Waals surface area contributed by atoms with Crippen molar-refractivity contribution in [3.05, 3.63) is 41.4 Å². The molecule has 7 nitrogen and oxygen atoms in total. The number of rotatable bonds is 5. The van der Waals surface area contributed by atoms with Gasteiger partial charge >= 0.3 is 5.97 Å². The Morgan fingerprint density at radius 1 is 1.12 bits per heavy atom. The van der Waals surface area contributed by atoms with Crippen molar-refractivity contribution in [2.75, 3.05) is 10.6 Å². The largest absolute Gasteiger partial charge is 0.481 e. The Morgan fingerprint density at radius 3 is 2.58 bits per heavy atom. The molecule has 0 radical (unpaired) electrons. The van der Waals surface area contributed by atoms with E-state index in [2.05, 4.69) is 20.6 Å². The van der Waals surface area contributed by atoms with Crippen LogP contribution in [-0.2, 0) is 9.59 Å². The number of nitrogens with zero attached hydrogens (tertiary/aromatic N) is 2. The molecule has 132 valence electrons. The molecule has 1 aliphatic carbocycles. The summed E-state index contributed by atoms with van der Waals surface area (Å²) >= 11 is 7.12. The molecule has 0 saturated heterocycles. The van der Waals surface area contributed by atoms with Crippen molar-refractivity contribution < 1.29 is 14.7 Å². The first kappa shape index (κ1) is 16.7. The van der Waals surface area contributed by atoms with E-state index < -0.39 is 17.8 Å². The molecule has 2 heterocycles. The number of aliphatic carboxylic acids is 1. The number of thiazole rings is 1. The van der Waals surface area contributed by atoms with Crippen LogP contribution in [-0.4, -0.2) is 27.0 Å². The summed E-state index contributed by atoms with van der Waals surface area (Å²) in [6, 6.07) is 10.9. The lowest BCUT2D eigenvalue weighted by molar-refractivity contribution is -0.139. The fourth-order valence-electron chi connectivity index (χ4n) is 2.58. The number of nitrogens with one attached hydrogen (secondary N) is 2. The molecule has 0 bridgehead atoms. The second-order valence-corrected chi connectivity index (χ2v) is 7.36. The Hall–Kier alpha value is -2.71. The normalized spacial score (nSPS) is 18.5. The lowest BCUT2D eigenvalue weighted by Gasteiger charge is -2.04. The molecule has 1 fully saturated rings. The number of amides is 1.